The number of nitrogens with one attached hydrogen (secondary N) is 1. The van der Waals surface area contributed by atoms with Gasteiger partial charge in [-0.1, -0.05) is 11.6 Å². The normalized spacial score (nSPS) is 22.3. The van der Waals surface area contributed by atoms with Gasteiger partial charge in [0.05, 0.1) is 11.2 Å². The fourth-order valence-corrected chi connectivity index (χ4v) is 3.32. The van der Waals surface area contributed by atoms with E-state index >= 15 is 0 Å². The number of nitrogens with zero attached hydrogens (tertiary/aromatic N) is 3. The fraction of sp³-hybridized carbons (Fsp3) is 0.733. The lowest BCUT2D eigenvalue weighted by Gasteiger charge is -2.35. The summed E-state index contributed by atoms with van der Waals surface area (Å²) in [5.41, 5.74) is 0.588. The topological polar surface area (TPSA) is 50.2 Å². The minimum absolute atomic E-state index is 0.0400. The predicted octanol–water partition coefficient (Wildman–Crippen LogP) is 1.88. The summed E-state index contributed by atoms with van der Waals surface area (Å²) in [5.74, 6) is 0.621. The van der Waals surface area contributed by atoms with Gasteiger partial charge < -0.3 is 10.2 Å². The second-order valence-corrected chi connectivity index (χ2v) is 6.47. The third kappa shape index (κ3) is 3.24. The third-order valence-corrected chi connectivity index (χ3v) is 4.72. The van der Waals surface area contributed by atoms with E-state index in [1.165, 1.54) is 12.8 Å². The summed E-state index contributed by atoms with van der Waals surface area (Å²) in [6, 6.07) is 0.339. The SMILES string of the molecule is CCN(c1c(Cl)cnn(CC2CC2)c1=O)C1CCCNC1. The number of likely N-dealkylation sites (N-methyl/N-ethyl adjacent to an activating group) is 1. The molecule has 3 rings (SSSR count). The van der Waals surface area contributed by atoms with Gasteiger partial charge in [-0.15, -0.1) is 0 Å². The zero-order chi connectivity index (χ0) is 14.8. The minimum Gasteiger partial charge on any atom is -0.362 e. The Hall–Kier alpha value is -1.07. The van der Waals surface area contributed by atoms with E-state index in [9.17, 15) is 4.79 Å². The highest BCUT2D eigenvalue weighted by molar-refractivity contribution is 6.33. The number of hydrogen-bond donors (Lipinski definition) is 1. The van der Waals surface area contributed by atoms with E-state index in [1.54, 1.807) is 10.9 Å². The minimum atomic E-state index is -0.0400. The maximum Gasteiger partial charge on any atom is 0.291 e. The van der Waals surface area contributed by atoms with Gasteiger partial charge in [0, 0.05) is 25.7 Å². The first kappa shape index (κ1) is 14.9. The largest absolute Gasteiger partial charge is 0.362 e. The summed E-state index contributed by atoms with van der Waals surface area (Å²) in [6.07, 6.45) is 6.27. The van der Waals surface area contributed by atoms with Gasteiger partial charge in [0.15, 0.2) is 0 Å². The quantitative estimate of drug-likeness (QED) is 0.902. The van der Waals surface area contributed by atoms with Crippen molar-refractivity contribution >= 4 is 17.3 Å². The molecule has 1 aromatic heterocycles. The van der Waals surface area contributed by atoms with Crippen LogP contribution in [0.1, 0.15) is 32.6 Å². The van der Waals surface area contributed by atoms with Gasteiger partial charge in [-0.3, -0.25) is 4.79 Å². The molecule has 0 spiro atoms. The van der Waals surface area contributed by atoms with Crippen LogP contribution in [0.2, 0.25) is 5.02 Å². The predicted molar refractivity (Wildman–Crippen MR) is 85.1 cm³/mol. The first-order valence-electron chi connectivity index (χ1n) is 7.93. The molecule has 1 aromatic rings. The van der Waals surface area contributed by atoms with Crippen molar-refractivity contribution in [1.29, 1.82) is 0 Å². The van der Waals surface area contributed by atoms with Crippen LogP contribution in [0.4, 0.5) is 5.69 Å². The van der Waals surface area contributed by atoms with Crippen molar-refractivity contribution < 1.29 is 0 Å². The van der Waals surface area contributed by atoms with Gasteiger partial charge in [0.25, 0.3) is 5.56 Å². The van der Waals surface area contributed by atoms with Crippen molar-refractivity contribution in [3.63, 3.8) is 0 Å². The smallest absolute Gasteiger partial charge is 0.291 e. The molecule has 1 saturated carbocycles. The Bertz CT molecular complexity index is 549. The molecule has 5 nitrogen and oxygen atoms in total. The lowest BCUT2D eigenvalue weighted by atomic mass is 10.1. The van der Waals surface area contributed by atoms with Gasteiger partial charge in [0.1, 0.15) is 5.69 Å². The maximum atomic E-state index is 12.7. The number of piperidine rings is 1. The number of hydrogen-bond acceptors (Lipinski definition) is 4. The Balaban J connectivity index is 1.91. The molecule has 0 amide bonds. The molecule has 2 fully saturated rings. The molecule has 2 aliphatic rings. The van der Waals surface area contributed by atoms with E-state index in [0.717, 1.165) is 39.0 Å². The first-order valence-corrected chi connectivity index (χ1v) is 8.31. The van der Waals surface area contributed by atoms with E-state index in [4.69, 9.17) is 11.6 Å². The second kappa shape index (κ2) is 6.36. The molecular formula is C15H23ClN4O. The standard InChI is InChI=1S/C15H23ClN4O/c1-2-19(12-4-3-7-17-8-12)14-13(16)9-18-20(15(14)21)10-11-5-6-11/h9,11-12,17H,2-8,10H2,1H3. The van der Waals surface area contributed by atoms with Crippen LogP contribution in [-0.4, -0.2) is 35.5 Å². The van der Waals surface area contributed by atoms with Crippen LogP contribution in [-0.2, 0) is 6.54 Å². The highest BCUT2D eigenvalue weighted by Crippen LogP contribution is 2.30. The maximum absolute atomic E-state index is 12.7. The van der Waals surface area contributed by atoms with Crippen LogP contribution < -0.4 is 15.8 Å². The number of rotatable bonds is 5. The van der Waals surface area contributed by atoms with Crippen LogP contribution in [0.15, 0.2) is 11.0 Å². The van der Waals surface area contributed by atoms with Gasteiger partial charge in [0.2, 0.25) is 0 Å². The monoisotopic (exact) mass is 310 g/mol. The molecule has 1 aliphatic carbocycles. The average Bonchev–Trinajstić information content (AvgIpc) is 3.31. The molecule has 2 heterocycles. The zero-order valence-corrected chi connectivity index (χ0v) is 13.3. The van der Waals surface area contributed by atoms with Gasteiger partial charge in [-0.05, 0) is 45.1 Å². The summed E-state index contributed by atoms with van der Waals surface area (Å²) in [5, 5.41) is 8.09. The van der Waals surface area contributed by atoms with E-state index in [2.05, 4.69) is 22.2 Å². The summed E-state index contributed by atoms with van der Waals surface area (Å²) >= 11 is 6.31. The molecular weight excluding hydrogens is 288 g/mol. The molecule has 1 aliphatic heterocycles. The zero-order valence-electron chi connectivity index (χ0n) is 12.5. The Morgan fingerprint density at radius 2 is 2.29 bits per heavy atom. The van der Waals surface area contributed by atoms with Gasteiger partial charge >= 0.3 is 0 Å². The molecule has 116 valence electrons. The molecule has 6 heteroatoms. The van der Waals surface area contributed by atoms with Gasteiger partial charge in [-0.2, -0.15) is 5.10 Å². The molecule has 0 aromatic carbocycles. The van der Waals surface area contributed by atoms with Crippen molar-refractivity contribution in [3.8, 4) is 0 Å². The third-order valence-electron chi connectivity index (χ3n) is 4.44. The van der Waals surface area contributed by atoms with Crippen LogP contribution in [0, 0.1) is 5.92 Å². The summed E-state index contributed by atoms with van der Waals surface area (Å²) in [6.45, 7) is 5.56. The summed E-state index contributed by atoms with van der Waals surface area (Å²) < 4.78 is 1.60. The number of halogens is 1. The van der Waals surface area contributed by atoms with Crippen LogP contribution >= 0.6 is 11.6 Å². The lowest BCUT2D eigenvalue weighted by molar-refractivity contribution is 0.432. The van der Waals surface area contributed by atoms with Crippen molar-refractivity contribution in [2.75, 3.05) is 24.5 Å². The Morgan fingerprint density at radius 3 is 2.90 bits per heavy atom. The van der Waals surface area contributed by atoms with E-state index in [0.29, 0.717) is 22.7 Å². The molecule has 1 N–H and O–H groups in total. The second-order valence-electron chi connectivity index (χ2n) is 6.06. The summed E-state index contributed by atoms with van der Waals surface area (Å²) in [4.78, 5) is 14.9. The van der Waals surface area contributed by atoms with Crippen LogP contribution in [0.25, 0.3) is 0 Å². The Labute approximate surface area is 130 Å². The van der Waals surface area contributed by atoms with Crippen LogP contribution in [0.5, 0.6) is 0 Å². The molecule has 0 radical (unpaired) electrons. The fourth-order valence-electron chi connectivity index (χ4n) is 3.09. The van der Waals surface area contributed by atoms with Crippen molar-refractivity contribution in [2.24, 2.45) is 5.92 Å². The molecule has 21 heavy (non-hydrogen) atoms. The van der Waals surface area contributed by atoms with Crippen LogP contribution in [0.3, 0.4) is 0 Å². The van der Waals surface area contributed by atoms with Crippen molar-refractivity contribution in [3.05, 3.63) is 21.6 Å². The first-order chi connectivity index (χ1) is 10.2. The van der Waals surface area contributed by atoms with E-state index < -0.39 is 0 Å². The highest BCUT2D eigenvalue weighted by Gasteiger charge is 2.27. The number of aromatic nitrogens is 2. The Kier molecular flexibility index (Phi) is 4.50. The molecule has 1 atom stereocenters. The molecule has 1 unspecified atom stereocenters. The summed E-state index contributed by atoms with van der Waals surface area (Å²) in [7, 11) is 0. The molecule has 0 bridgehead atoms. The Morgan fingerprint density at radius 1 is 1.48 bits per heavy atom. The van der Waals surface area contributed by atoms with E-state index in [-0.39, 0.29) is 5.56 Å². The highest BCUT2D eigenvalue weighted by atomic mass is 35.5. The molecule has 1 saturated heterocycles. The van der Waals surface area contributed by atoms with Crippen molar-refractivity contribution in [1.82, 2.24) is 15.1 Å². The average molecular weight is 311 g/mol. The van der Waals surface area contributed by atoms with E-state index in [1.807, 2.05) is 0 Å². The lowest BCUT2D eigenvalue weighted by Crippen LogP contribution is -2.48. The number of anilines is 1. The van der Waals surface area contributed by atoms with Gasteiger partial charge in [-0.25, -0.2) is 4.68 Å². The van der Waals surface area contributed by atoms with Crippen molar-refractivity contribution in [2.45, 2.75) is 45.2 Å².